The number of thiazole rings is 1. The molecule has 0 saturated heterocycles. The zero-order valence-electron chi connectivity index (χ0n) is 7.90. The molecular weight excluding hydrogens is 210 g/mol. The Hall–Kier alpha value is -1.42. The SMILES string of the molecule is C.Cc1sc2cc(C(=O)[O-])ccc2[n+]1C. The minimum Gasteiger partial charge on any atom is -0.545 e. The number of benzene rings is 1. The number of rotatable bonds is 1. The molecule has 15 heavy (non-hydrogen) atoms. The molecule has 0 saturated carbocycles. The predicted molar refractivity (Wildman–Crippen MR) is 58.8 cm³/mol. The molecule has 1 heterocycles. The molecule has 80 valence electrons. The van der Waals surface area contributed by atoms with Crippen LogP contribution in [-0.2, 0) is 7.05 Å². The molecule has 0 unspecified atom stereocenters. The van der Waals surface area contributed by atoms with Crippen LogP contribution in [0.15, 0.2) is 18.2 Å². The molecule has 4 heteroatoms. The van der Waals surface area contributed by atoms with Crippen LogP contribution in [-0.4, -0.2) is 5.97 Å². The van der Waals surface area contributed by atoms with E-state index < -0.39 is 5.97 Å². The largest absolute Gasteiger partial charge is 0.545 e. The Morgan fingerprint density at radius 1 is 1.47 bits per heavy atom. The summed E-state index contributed by atoms with van der Waals surface area (Å²) < 4.78 is 3.02. The number of aromatic carboxylic acids is 1. The second kappa shape index (κ2) is 3.98. The molecule has 1 aromatic heterocycles. The lowest BCUT2D eigenvalue weighted by Gasteiger charge is -1.99. The molecule has 0 aliphatic carbocycles. The van der Waals surface area contributed by atoms with Crippen LogP contribution in [0.2, 0.25) is 0 Å². The van der Waals surface area contributed by atoms with E-state index >= 15 is 0 Å². The molecule has 0 bridgehead atoms. The van der Waals surface area contributed by atoms with E-state index in [2.05, 4.69) is 0 Å². The summed E-state index contributed by atoms with van der Waals surface area (Å²) in [7, 11) is 1.97. The van der Waals surface area contributed by atoms with Gasteiger partial charge in [0.15, 0.2) is 0 Å². The Balaban J connectivity index is 0.00000112. The highest BCUT2D eigenvalue weighted by atomic mass is 32.1. The zero-order valence-corrected chi connectivity index (χ0v) is 8.72. The van der Waals surface area contributed by atoms with Gasteiger partial charge in [0.05, 0.1) is 5.97 Å². The summed E-state index contributed by atoms with van der Waals surface area (Å²) in [6.45, 7) is 2.00. The quantitative estimate of drug-likeness (QED) is 0.678. The second-order valence-corrected chi connectivity index (χ2v) is 4.38. The molecule has 0 radical (unpaired) electrons. The van der Waals surface area contributed by atoms with E-state index in [0.717, 1.165) is 15.2 Å². The van der Waals surface area contributed by atoms with Crippen molar-refractivity contribution in [1.82, 2.24) is 0 Å². The summed E-state index contributed by atoms with van der Waals surface area (Å²) >= 11 is 1.58. The molecule has 0 aliphatic rings. The average molecular weight is 223 g/mol. The van der Waals surface area contributed by atoms with Gasteiger partial charge in [-0.15, -0.1) is 0 Å². The van der Waals surface area contributed by atoms with Gasteiger partial charge in [0.2, 0.25) is 10.5 Å². The Kier molecular flexibility index (Phi) is 3.09. The van der Waals surface area contributed by atoms with Crippen LogP contribution in [0.1, 0.15) is 22.8 Å². The van der Waals surface area contributed by atoms with Crippen molar-refractivity contribution in [3.05, 3.63) is 28.8 Å². The van der Waals surface area contributed by atoms with Crippen LogP contribution in [0.25, 0.3) is 10.2 Å². The Morgan fingerprint density at radius 2 is 2.13 bits per heavy atom. The molecule has 0 amide bonds. The molecule has 3 nitrogen and oxygen atoms in total. The van der Waals surface area contributed by atoms with Crippen molar-refractivity contribution in [2.45, 2.75) is 14.4 Å². The van der Waals surface area contributed by atoms with Crippen molar-refractivity contribution in [2.75, 3.05) is 0 Å². The average Bonchev–Trinajstić information content (AvgIpc) is 2.42. The fourth-order valence-electron chi connectivity index (χ4n) is 1.40. The van der Waals surface area contributed by atoms with Crippen molar-refractivity contribution < 1.29 is 14.5 Å². The van der Waals surface area contributed by atoms with E-state index in [0.29, 0.717) is 0 Å². The number of carbonyl (C=O) groups is 1. The molecular formula is C11H13NO2S. The highest BCUT2D eigenvalue weighted by Crippen LogP contribution is 2.20. The first kappa shape index (κ1) is 11.7. The van der Waals surface area contributed by atoms with Crippen LogP contribution in [0.4, 0.5) is 0 Å². The molecule has 0 fully saturated rings. The van der Waals surface area contributed by atoms with E-state index in [4.69, 9.17) is 0 Å². The lowest BCUT2D eigenvalue weighted by molar-refractivity contribution is -0.646. The number of aryl methyl sites for hydroxylation is 2. The lowest BCUT2D eigenvalue weighted by atomic mass is 10.2. The molecule has 1 aromatic carbocycles. The van der Waals surface area contributed by atoms with Crippen LogP contribution in [0.5, 0.6) is 0 Å². The first-order chi connectivity index (χ1) is 6.59. The molecule has 0 spiro atoms. The number of nitrogens with zero attached hydrogens (tertiary/aromatic N) is 1. The Labute approximate surface area is 92.6 Å². The van der Waals surface area contributed by atoms with Gasteiger partial charge < -0.3 is 9.90 Å². The van der Waals surface area contributed by atoms with Crippen LogP contribution in [0.3, 0.4) is 0 Å². The third-order valence-electron chi connectivity index (χ3n) is 2.29. The van der Waals surface area contributed by atoms with E-state index in [-0.39, 0.29) is 13.0 Å². The second-order valence-electron chi connectivity index (χ2n) is 3.15. The number of carbonyl (C=O) groups excluding carboxylic acids is 1. The highest BCUT2D eigenvalue weighted by molar-refractivity contribution is 7.18. The summed E-state index contributed by atoms with van der Waals surface area (Å²) in [5.74, 6) is -1.12. The fraction of sp³-hybridized carbons (Fsp3) is 0.273. The molecule has 0 N–H and O–H groups in total. The Bertz CT molecular complexity index is 517. The van der Waals surface area contributed by atoms with Gasteiger partial charge in [0.1, 0.15) is 11.7 Å². The first-order valence-electron chi connectivity index (χ1n) is 4.20. The van der Waals surface area contributed by atoms with Crippen LogP contribution in [0, 0.1) is 6.92 Å². The number of hydrogen-bond acceptors (Lipinski definition) is 3. The summed E-state index contributed by atoms with van der Waals surface area (Å²) in [4.78, 5) is 10.6. The minimum atomic E-state index is -1.12. The zero-order chi connectivity index (χ0) is 10.3. The lowest BCUT2D eigenvalue weighted by Crippen LogP contribution is -2.29. The monoisotopic (exact) mass is 223 g/mol. The van der Waals surface area contributed by atoms with Crippen molar-refractivity contribution >= 4 is 27.5 Å². The number of carboxylic acids is 1. The standard InChI is InChI=1S/C10H9NO2S.CH4/c1-6-11(2)8-4-3-7(10(12)13)5-9(8)14-6;/h3-5H,1-2H3;1H4. The summed E-state index contributed by atoms with van der Waals surface area (Å²) in [6.07, 6.45) is 0. The number of hydrogen-bond donors (Lipinski definition) is 0. The maximum atomic E-state index is 10.6. The van der Waals surface area contributed by atoms with Crippen molar-refractivity contribution in [1.29, 1.82) is 0 Å². The molecule has 2 aromatic rings. The van der Waals surface area contributed by atoms with E-state index in [1.54, 1.807) is 23.5 Å². The van der Waals surface area contributed by atoms with Gasteiger partial charge in [-0.3, -0.25) is 0 Å². The van der Waals surface area contributed by atoms with Gasteiger partial charge in [0.25, 0.3) is 0 Å². The van der Waals surface area contributed by atoms with Crippen molar-refractivity contribution in [3.8, 4) is 0 Å². The molecule has 0 atom stereocenters. The number of fused-ring (bicyclic) bond motifs is 1. The van der Waals surface area contributed by atoms with E-state index in [9.17, 15) is 9.90 Å². The van der Waals surface area contributed by atoms with Crippen LogP contribution >= 0.6 is 11.3 Å². The van der Waals surface area contributed by atoms with E-state index in [1.165, 1.54) is 0 Å². The number of aromatic nitrogens is 1. The first-order valence-corrected chi connectivity index (χ1v) is 5.02. The van der Waals surface area contributed by atoms with Crippen molar-refractivity contribution in [2.24, 2.45) is 7.05 Å². The molecule has 0 aliphatic heterocycles. The highest BCUT2D eigenvalue weighted by Gasteiger charge is 2.12. The maximum Gasteiger partial charge on any atom is 0.234 e. The predicted octanol–water partition coefficient (Wildman–Crippen LogP) is 1.03. The smallest absolute Gasteiger partial charge is 0.234 e. The van der Waals surface area contributed by atoms with Gasteiger partial charge in [-0.2, -0.15) is 4.57 Å². The van der Waals surface area contributed by atoms with Gasteiger partial charge >= 0.3 is 0 Å². The van der Waals surface area contributed by atoms with Gasteiger partial charge in [0, 0.05) is 13.0 Å². The Morgan fingerprint density at radius 3 is 2.73 bits per heavy atom. The van der Waals surface area contributed by atoms with Gasteiger partial charge in [-0.05, 0) is 17.7 Å². The van der Waals surface area contributed by atoms with Crippen molar-refractivity contribution in [3.63, 3.8) is 0 Å². The third-order valence-corrected chi connectivity index (χ3v) is 3.40. The normalized spacial score (nSPS) is 10.0. The topological polar surface area (TPSA) is 44.0 Å². The summed E-state index contributed by atoms with van der Waals surface area (Å²) in [5, 5.41) is 11.8. The molecule has 2 rings (SSSR count). The van der Waals surface area contributed by atoms with Gasteiger partial charge in [-0.1, -0.05) is 18.8 Å². The maximum absolute atomic E-state index is 10.6. The summed E-state index contributed by atoms with van der Waals surface area (Å²) in [6, 6.07) is 5.04. The fourth-order valence-corrected chi connectivity index (χ4v) is 2.45. The summed E-state index contributed by atoms with van der Waals surface area (Å²) in [5.41, 5.74) is 1.29. The van der Waals surface area contributed by atoms with Crippen LogP contribution < -0.4 is 9.67 Å². The third kappa shape index (κ3) is 1.85. The van der Waals surface area contributed by atoms with Gasteiger partial charge in [-0.25, -0.2) is 0 Å². The van der Waals surface area contributed by atoms with E-state index in [1.807, 2.05) is 24.6 Å². The minimum absolute atomic E-state index is 0. The number of carboxylic acid groups (broad SMARTS) is 1.